The molecule has 1 heterocycles. The lowest BCUT2D eigenvalue weighted by Gasteiger charge is -2.00. The van der Waals surface area contributed by atoms with E-state index < -0.39 is 11.7 Å². The number of aromatic amines is 1. The number of rotatable bonds is 2. The molecule has 0 atom stereocenters. The van der Waals surface area contributed by atoms with Gasteiger partial charge in [0.1, 0.15) is 0 Å². The zero-order chi connectivity index (χ0) is 11.9. The maximum atomic E-state index is 11.5. The quantitative estimate of drug-likeness (QED) is 0.589. The van der Waals surface area contributed by atoms with Gasteiger partial charge in [-0.25, -0.2) is 0 Å². The van der Waals surface area contributed by atoms with Gasteiger partial charge in [0.2, 0.25) is 0 Å². The summed E-state index contributed by atoms with van der Waals surface area (Å²) in [6.07, 6.45) is 1.52. The first-order chi connectivity index (χ1) is 7.50. The monoisotopic (exact) mass is 216 g/mol. The minimum Gasteiger partial charge on any atom is -0.363 e. The Morgan fingerprint density at radius 3 is 2.44 bits per heavy atom. The summed E-state index contributed by atoms with van der Waals surface area (Å²) in [6.45, 7) is 3.95. The highest BCUT2D eigenvalue weighted by molar-refractivity contribution is 6.44. The first-order valence-electron chi connectivity index (χ1n) is 4.93. The van der Waals surface area contributed by atoms with E-state index in [0.717, 1.165) is 22.0 Å². The van der Waals surface area contributed by atoms with Gasteiger partial charge in [-0.3, -0.25) is 9.59 Å². The summed E-state index contributed by atoms with van der Waals surface area (Å²) in [6, 6.07) is 3.83. The summed E-state index contributed by atoms with van der Waals surface area (Å²) >= 11 is 0. The number of ketones is 1. The number of aryl methyl sites for hydroxylation is 2. The number of amides is 1. The molecule has 4 heteroatoms. The fraction of sp³-hybridized carbons (Fsp3) is 0.167. The van der Waals surface area contributed by atoms with Gasteiger partial charge in [-0.1, -0.05) is 0 Å². The zero-order valence-corrected chi connectivity index (χ0v) is 9.13. The third kappa shape index (κ3) is 1.48. The Bertz CT molecular complexity index is 596. The van der Waals surface area contributed by atoms with E-state index in [1.807, 2.05) is 26.0 Å². The van der Waals surface area contributed by atoms with Crippen molar-refractivity contribution < 1.29 is 9.59 Å². The van der Waals surface area contributed by atoms with Crippen molar-refractivity contribution in [3.63, 3.8) is 0 Å². The van der Waals surface area contributed by atoms with Gasteiger partial charge in [0.25, 0.3) is 11.7 Å². The van der Waals surface area contributed by atoms with Crippen LogP contribution in [0.5, 0.6) is 0 Å². The molecule has 0 radical (unpaired) electrons. The number of hydrogen-bond donors (Lipinski definition) is 2. The fourth-order valence-electron chi connectivity index (χ4n) is 1.71. The molecule has 4 nitrogen and oxygen atoms in total. The average molecular weight is 216 g/mol. The van der Waals surface area contributed by atoms with Crippen LogP contribution >= 0.6 is 0 Å². The number of benzene rings is 1. The lowest BCUT2D eigenvalue weighted by atomic mass is 10.0. The van der Waals surface area contributed by atoms with Gasteiger partial charge in [-0.05, 0) is 37.1 Å². The maximum absolute atomic E-state index is 11.5. The minimum atomic E-state index is -0.931. The van der Waals surface area contributed by atoms with Crippen LogP contribution in [-0.4, -0.2) is 16.7 Å². The Balaban J connectivity index is 2.69. The van der Waals surface area contributed by atoms with Crippen molar-refractivity contribution in [2.24, 2.45) is 5.73 Å². The molecule has 0 aliphatic rings. The van der Waals surface area contributed by atoms with E-state index in [9.17, 15) is 9.59 Å². The Morgan fingerprint density at radius 1 is 1.19 bits per heavy atom. The second kappa shape index (κ2) is 3.48. The topological polar surface area (TPSA) is 75.9 Å². The number of fused-ring (bicyclic) bond motifs is 1. The Labute approximate surface area is 92.4 Å². The van der Waals surface area contributed by atoms with Crippen molar-refractivity contribution in [1.29, 1.82) is 0 Å². The van der Waals surface area contributed by atoms with Crippen LogP contribution in [0, 0.1) is 13.8 Å². The van der Waals surface area contributed by atoms with Crippen LogP contribution in [0.15, 0.2) is 18.3 Å². The molecule has 0 unspecified atom stereocenters. The molecule has 1 aromatic carbocycles. The second-order valence-electron chi connectivity index (χ2n) is 3.88. The van der Waals surface area contributed by atoms with Crippen LogP contribution in [0.4, 0.5) is 0 Å². The molecule has 3 N–H and O–H groups in total. The van der Waals surface area contributed by atoms with Crippen LogP contribution in [0.3, 0.4) is 0 Å². The van der Waals surface area contributed by atoms with Gasteiger partial charge in [0.15, 0.2) is 0 Å². The van der Waals surface area contributed by atoms with Crippen molar-refractivity contribution in [1.82, 2.24) is 4.98 Å². The summed E-state index contributed by atoms with van der Waals surface area (Å²) in [5, 5.41) is 0.742. The normalized spacial score (nSPS) is 10.6. The van der Waals surface area contributed by atoms with E-state index in [-0.39, 0.29) is 0 Å². The average Bonchev–Trinajstić information content (AvgIpc) is 2.60. The molecule has 0 saturated carbocycles. The number of aromatic nitrogens is 1. The number of H-pyrrole nitrogens is 1. The van der Waals surface area contributed by atoms with Gasteiger partial charge >= 0.3 is 0 Å². The molecule has 2 aromatic rings. The van der Waals surface area contributed by atoms with Gasteiger partial charge in [-0.15, -0.1) is 0 Å². The number of hydrogen-bond acceptors (Lipinski definition) is 2. The molecule has 0 aliphatic carbocycles. The van der Waals surface area contributed by atoms with E-state index in [0.29, 0.717) is 5.56 Å². The molecular formula is C12H12N2O2. The van der Waals surface area contributed by atoms with Gasteiger partial charge in [0.05, 0.1) is 5.56 Å². The molecule has 0 bridgehead atoms. The molecule has 0 saturated heterocycles. The number of nitrogens with two attached hydrogens (primary N) is 1. The van der Waals surface area contributed by atoms with Gasteiger partial charge in [-0.2, -0.15) is 0 Å². The number of primary amides is 1. The summed E-state index contributed by atoms with van der Waals surface area (Å²) in [5.74, 6) is -1.59. The Hall–Kier alpha value is -2.10. The summed E-state index contributed by atoms with van der Waals surface area (Å²) in [5.41, 5.74) is 8.37. The van der Waals surface area contributed by atoms with E-state index >= 15 is 0 Å². The first kappa shape index (κ1) is 10.4. The maximum Gasteiger partial charge on any atom is 0.289 e. The molecule has 0 aliphatic heterocycles. The van der Waals surface area contributed by atoms with Crippen molar-refractivity contribution in [3.05, 3.63) is 35.0 Å². The van der Waals surface area contributed by atoms with Crippen LogP contribution < -0.4 is 5.73 Å². The highest BCUT2D eigenvalue weighted by Crippen LogP contribution is 2.22. The number of carbonyl (C=O) groups excluding carboxylic acids is 2. The van der Waals surface area contributed by atoms with E-state index in [4.69, 9.17) is 5.73 Å². The van der Waals surface area contributed by atoms with Crippen molar-refractivity contribution in [2.45, 2.75) is 13.8 Å². The molecule has 0 spiro atoms. The lowest BCUT2D eigenvalue weighted by Crippen LogP contribution is -2.22. The smallest absolute Gasteiger partial charge is 0.289 e. The molecular weight excluding hydrogens is 204 g/mol. The third-order valence-corrected chi connectivity index (χ3v) is 2.76. The van der Waals surface area contributed by atoms with Crippen LogP contribution in [0.2, 0.25) is 0 Å². The summed E-state index contributed by atoms with van der Waals surface area (Å²) < 4.78 is 0. The van der Waals surface area contributed by atoms with Gasteiger partial charge in [0, 0.05) is 17.1 Å². The van der Waals surface area contributed by atoms with E-state index in [1.54, 1.807) is 0 Å². The zero-order valence-electron chi connectivity index (χ0n) is 9.13. The number of carbonyl (C=O) groups is 2. The molecule has 1 amide bonds. The number of nitrogens with one attached hydrogen (secondary N) is 1. The Kier molecular flexibility index (Phi) is 2.27. The molecule has 0 fully saturated rings. The second-order valence-corrected chi connectivity index (χ2v) is 3.88. The molecule has 16 heavy (non-hydrogen) atoms. The largest absolute Gasteiger partial charge is 0.363 e. The van der Waals surface area contributed by atoms with Gasteiger partial charge < -0.3 is 10.7 Å². The van der Waals surface area contributed by atoms with Crippen molar-refractivity contribution in [2.75, 3.05) is 0 Å². The van der Waals surface area contributed by atoms with Crippen LogP contribution in [-0.2, 0) is 4.79 Å². The van der Waals surface area contributed by atoms with Crippen molar-refractivity contribution >= 4 is 22.6 Å². The minimum absolute atomic E-state index is 0.339. The molecule has 2 rings (SSSR count). The third-order valence-electron chi connectivity index (χ3n) is 2.76. The highest BCUT2D eigenvalue weighted by atomic mass is 16.2. The predicted molar refractivity (Wildman–Crippen MR) is 61.3 cm³/mol. The first-order valence-corrected chi connectivity index (χ1v) is 4.93. The van der Waals surface area contributed by atoms with Crippen molar-refractivity contribution in [3.8, 4) is 0 Å². The SMILES string of the molecule is Cc1cc2[nH]cc(C(=O)C(N)=O)c2cc1C. The highest BCUT2D eigenvalue weighted by Gasteiger charge is 2.17. The van der Waals surface area contributed by atoms with E-state index in [2.05, 4.69) is 4.98 Å². The van der Waals surface area contributed by atoms with Crippen LogP contribution in [0.25, 0.3) is 10.9 Å². The number of Topliss-reactive ketones (excluding diaryl/α,β-unsaturated/α-hetero) is 1. The molecule has 1 aromatic heterocycles. The standard InChI is InChI=1S/C12H12N2O2/c1-6-3-8-9(11(15)12(13)16)5-14-10(8)4-7(6)2/h3-5,14H,1-2H3,(H2,13,16). The summed E-state index contributed by atoms with van der Waals surface area (Å²) in [4.78, 5) is 25.3. The predicted octanol–water partition coefficient (Wildman–Crippen LogP) is 1.45. The van der Waals surface area contributed by atoms with E-state index in [1.165, 1.54) is 6.20 Å². The fourth-order valence-corrected chi connectivity index (χ4v) is 1.71. The molecule has 82 valence electrons. The Morgan fingerprint density at radius 2 is 1.81 bits per heavy atom. The summed E-state index contributed by atoms with van der Waals surface area (Å²) in [7, 11) is 0. The van der Waals surface area contributed by atoms with Crippen LogP contribution in [0.1, 0.15) is 21.5 Å². The lowest BCUT2D eigenvalue weighted by molar-refractivity contribution is -0.114.